The molecule has 0 heterocycles. The van der Waals surface area contributed by atoms with Gasteiger partial charge in [-0.2, -0.15) is 0 Å². The highest BCUT2D eigenvalue weighted by molar-refractivity contribution is 8.00. The molecule has 1 aromatic rings. The van der Waals surface area contributed by atoms with Crippen molar-refractivity contribution in [1.29, 1.82) is 0 Å². The van der Waals surface area contributed by atoms with Crippen molar-refractivity contribution >= 4 is 17.5 Å². The summed E-state index contributed by atoms with van der Waals surface area (Å²) in [6.45, 7) is 0. The monoisotopic (exact) mass is 230 g/mol. The summed E-state index contributed by atoms with van der Waals surface area (Å²) in [5, 5.41) is 0.158. The van der Waals surface area contributed by atoms with Gasteiger partial charge in [0.25, 0.3) is 0 Å². The quantitative estimate of drug-likeness (QED) is 0.725. The molecule has 0 spiro atoms. The number of rotatable bonds is 2. The van der Waals surface area contributed by atoms with E-state index in [-0.39, 0.29) is 5.25 Å². The lowest BCUT2D eigenvalue weighted by atomic mass is 9.96. The van der Waals surface area contributed by atoms with Crippen molar-refractivity contribution in [3.8, 4) is 0 Å². The second kappa shape index (κ2) is 4.10. The van der Waals surface area contributed by atoms with Crippen molar-refractivity contribution in [3.05, 3.63) is 42.5 Å². The number of allylic oxidation sites excluding steroid dienone is 2. The van der Waals surface area contributed by atoms with Crippen LogP contribution >= 0.6 is 11.8 Å². The fourth-order valence-electron chi connectivity index (χ4n) is 2.61. The largest absolute Gasteiger partial charge is 0.298 e. The molecule has 0 saturated heterocycles. The van der Waals surface area contributed by atoms with Crippen LogP contribution in [-0.4, -0.2) is 11.0 Å². The van der Waals surface area contributed by atoms with Gasteiger partial charge in [0.2, 0.25) is 0 Å². The fourth-order valence-corrected chi connectivity index (χ4v) is 3.90. The maximum Gasteiger partial charge on any atom is 0.150 e. The maximum atomic E-state index is 12.1. The van der Waals surface area contributed by atoms with E-state index < -0.39 is 0 Å². The van der Waals surface area contributed by atoms with Gasteiger partial charge in [0, 0.05) is 10.8 Å². The molecule has 0 radical (unpaired) electrons. The second-order valence-corrected chi connectivity index (χ2v) is 5.73. The van der Waals surface area contributed by atoms with Gasteiger partial charge in [-0.3, -0.25) is 4.79 Å². The van der Waals surface area contributed by atoms with Gasteiger partial charge in [-0.05, 0) is 30.9 Å². The second-order valence-electron chi connectivity index (χ2n) is 4.51. The molecule has 0 N–H and O–H groups in total. The molecule has 2 bridgehead atoms. The Morgan fingerprint density at radius 3 is 2.75 bits per heavy atom. The zero-order chi connectivity index (χ0) is 11.0. The summed E-state index contributed by atoms with van der Waals surface area (Å²) >= 11 is 1.73. The van der Waals surface area contributed by atoms with E-state index in [4.69, 9.17) is 0 Å². The Kier molecular flexibility index (Phi) is 2.60. The van der Waals surface area contributed by atoms with Crippen LogP contribution in [0.3, 0.4) is 0 Å². The molecule has 16 heavy (non-hydrogen) atoms. The van der Waals surface area contributed by atoms with E-state index in [0.29, 0.717) is 17.6 Å². The predicted molar refractivity (Wildman–Crippen MR) is 66.4 cm³/mol. The lowest BCUT2D eigenvalue weighted by Crippen LogP contribution is -2.17. The van der Waals surface area contributed by atoms with Crippen LogP contribution in [0.4, 0.5) is 0 Å². The van der Waals surface area contributed by atoms with Gasteiger partial charge in [0.1, 0.15) is 5.78 Å². The third-order valence-corrected chi connectivity index (χ3v) is 4.82. The summed E-state index contributed by atoms with van der Waals surface area (Å²) in [7, 11) is 0. The van der Waals surface area contributed by atoms with Crippen LogP contribution in [0.15, 0.2) is 47.4 Å². The van der Waals surface area contributed by atoms with Crippen LogP contribution in [0.5, 0.6) is 0 Å². The van der Waals surface area contributed by atoms with Gasteiger partial charge < -0.3 is 0 Å². The van der Waals surface area contributed by atoms with Crippen molar-refractivity contribution in [3.63, 3.8) is 0 Å². The molecule has 1 nitrogen and oxygen atoms in total. The SMILES string of the molecule is O=C1[C@H]2CC=C[C@H](C2)[C@@H]1Sc1ccccc1. The Morgan fingerprint density at radius 1 is 1.19 bits per heavy atom. The number of carbonyl (C=O) groups is 1. The summed E-state index contributed by atoms with van der Waals surface area (Å²) in [6, 6.07) is 10.3. The normalized spacial score (nSPS) is 32.0. The molecule has 3 atom stereocenters. The Bertz CT molecular complexity index is 424. The maximum absolute atomic E-state index is 12.1. The van der Waals surface area contributed by atoms with Gasteiger partial charge in [0.05, 0.1) is 5.25 Å². The molecule has 3 rings (SSSR count). The van der Waals surface area contributed by atoms with Gasteiger partial charge in [-0.25, -0.2) is 0 Å². The van der Waals surface area contributed by atoms with Crippen molar-refractivity contribution in [2.45, 2.75) is 23.0 Å². The molecule has 0 aromatic heterocycles. The molecular formula is C14H14OS. The minimum absolute atomic E-state index is 0.158. The van der Waals surface area contributed by atoms with Crippen molar-refractivity contribution < 1.29 is 4.79 Å². The van der Waals surface area contributed by atoms with Crippen LogP contribution in [0.1, 0.15) is 12.8 Å². The molecule has 82 valence electrons. The zero-order valence-electron chi connectivity index (χ0n) is 9.00. The van der Waals surface area contributed by atoms with Crippen LogP contribution in [0, 0.1) is 11.8 Å². The summed E-state index contributed by atoms with van der Waals surface area (Å²) in [5.74, 6) is 1.23. The van der Waals surface area contributed by atoms with Gasteiger partial charge in [0.15, 0.2) is 0 Å². The van der Waals surface area contributed by atoms with Crippen LogP contribution in [-0.2, 0) is 4.79 Å². The lowest BCUT2D eigenvalue weighted by molar-refractivity contribution is -0.120. The summed E-state index contributed by atoms with van der Waals surface area (Å²) in [6.07, 6.45) is 6.45. The molecular weight excluding hydrogens is 216 g/mol. The smallest absolute Gasteiger partial charge is 0.150 e. The number of hydrogen-bond acceptors (Lipinski definition) is 2. The lowest BCUT2D eigenvalue weighted by Gasteiger charge is -2.14. The first-order valence-corrected chi connectivity index (χ1v) is 6.64. The molecule has 1 fully saturated rings. The molecule has 0 aliphatic heterocycles. The molecule has 2 aliphatic rings. The molecule has 2 aliphatic carbocycles. The highest BCUT2D eigenvalue weighted by Gasteiger charge is 2.42. The van der Waals surface area contributed by atoms with E-state index in [0.717, 1.165) is 12.8 Å². The third-order valence-electron chi connectivity index (χ3n) is 3.44. The van der Waals surface area contributed by atoms with Crippen LogP contribution < -0.4 is 0 Å². The molecule has 1 aromatic carbocycles. The van der Waals surface area contributed by atoms with Crippen molar-refractivity contribution in [2.75, 3.05) is 0 Å². The summed E-state index contributed by atoms with van der Waals surface area (Å²) in [5.41, 5.74) is 0. The van der Waals surface area contributed by atoms with E-state index in [9.17, 15) is 4.79 Å². The zero-order valence-corrected chi connectivity index (χ0v) is 9.82. The van der Waals surface area contributed by atoms with Crippen LogP contribution in [0.25, 0.3) is 0 Å². The fraction of sp³-hybridized carbons (Fsp3) is 0.357. The molecule has 0 amide bonds. The van der Waals surface area contributed by atoms with Gasteiger partial charge >= 0.3 is 0 Å². The predicted octanol–water partition coefficient (Wildman–Crippen LogP) is 3.31. The number of ketones is 1. The first-order valence-electron chi connectivity index (χ1n) is 5.76. The summed E-state index contributed by atoms with van der Waals surface area (Å²) < 4.78 is 0. The van der Waals surface area contributed by atoms with Gasteiger partial charge in [-0.15, -0.1) is 11.8 Å². The molecule has 0 unspecified atom stereocenters. The highest BCUT2D eigenvalue weighted by atomic mass is 32.2. The first kappa shape index (κ1) is 10.2. The van der Waals surface area contributed by atoms with E-state index in [1.54, 1.807) is 11.8 Å². The van der Waals surface area contributed by atoms with Crippen molar-refractivity contribution in [1.82, 2.24) is 0 Å². The number of thioether (sulfide) groups is 1. The Morgan fingerprint density at radius 2 is 2.00 bits per heavy atom. The molecule has 2 heteroatoms. The minimum Gasteiger partial charge on any atom is -0.298 e. The Hall–Kier alpha value is -1.02. The number of Topliss-reactive ketones (excluding diaryl/α,β-unsaturated/α-hetero) is 1. The Labute approximate surface area is 99.9 Å². The summed E-state index contributed by atoms with van der Waals surface area (Å²) in [4.78, 5) is 13.3. The van der Waals surface area contributed by atoms with Crippen LogP contribution in [0.2, 0.25) is 0 Å². The van der Waals surface area contributed by atoms with E-state index in [1.165, 1.54) is 4.90 Å². The standard InChI is InChI=1S/C14H14OS/c15-13-10-5-4-6-11(9-10)14(13)16-12-7-2-1-3-8-12/h1-4,6-8,10-11,14H,5,9H2/t10-,11+,14-/m0/s1. The average Bonchev–Trinajstić information content (AvgIpc) is 2.55. The van der Waals surface area contributed by atoms with Gasteiger partial charge in [-0.1, -0.05) is 30.4 Å². The Balaban J connectivity index is 1.81. The minimum atomic E-state index is 0.158. The van der Waals surface area contributed by atoms with E-state index in [1.807, 2.05) is 18.2 Å². The number of fused-ring (bicyclic) bond motifs is 2. The highest BCUT2D eigenvalue weighted by Crippen LogP contribution is 2.43. The first-order chi connectivity index (χ1) is 7.84. The topological polar surface area (TPSA) is 17.1 Å². The molecule has 1 saturated carbocycles. The van der Waals surface area contributed by atoms with E-state index >= 15 is 0 Å². The number of benzene rings is 1. The number of hydrogen-bond donors (Lipinski definition) is 0. The van der Waals surface area contributed by atoms with E-state index in [2.05, 4.69) is 24.3 Å². The number of carbonyl (C=O) groups excluding carboxylic acids is 1. The van der Waals surface area contributed by atoms with Crippen molar-refractivity contribution in [2.24, 2.45) is 11.8 Å². The third kappa shape index (κ3) is 1.71. The average molecular weight is 230 g/mol.